The minimum Gasteiger partial charge on any atom is -0.379 e. The molecule has 1 aromatic carbocycles. The summed E-state index contributed by atoms with van der Waals surface area (Å²) in [5.41, 5.74) is 8.23. The van der Waals surface area contributed by atoms with Crippen LogP contribution < -0.4 is 16.4 Å². The highest BCUT2D eigenvalue weighted by Crippen LogP contribution is 2.28. The Morgan fingerprint density at radius 1 is 1.12 bits per heavy atom. The number of nitrogens with zero attached hydrogens (tertiary/aromatic N) is 1. The first-order valence-corrected chi connectivity index (χ1v) is 11.8. The zero-order valence-corrected chi connectivity index (χ0v) is 18.9. The molecule has 0 bridgehead atoms. The van der Waals surface area contributed by atoms with Crippen LogP contribution in [0.5, 0.6) is 0 Å². The number of piperidine rings is 1. The second kappa shape index (κ2) is 10.9. The minimum atomic E-state index is -0.598. The lowest BCUT2D eigenvalue weighted by atomic mass is 9.92. The van der Waals surface area contributed by atoms with Crippen molar-refractivity contribution in [3.05, 3.63) is 34.9 Å². The Bertz CT molecular complexity index is 959. The van der Waals surface area contributed by atoms with Crippen LogP contribution in [0.25, 0.3) is 0 Å². The molecule has 0 spiro atoms. The Labute approximate surface area is 194 Å². The molecule has 2 heterocycles. The molecule has 8 heteroatoms. The number of fused-ring (bicyclic) bond motifs is 1. The van der Waals surface area contributed by atoms with E-state index >= 15 is 0 Å². The van der Waals surface area contributed by atoms with Crippen molar-refractivity contribution in [2.24, 2.45) is 5.73 Å². The lowest BCUT2D eigenvalue weighted by Gasteiger charge is -2.29. The van der Waals surface area contributed by atoms with Gasteiger partial charge in [-0.2, -0.15) is 0 Å². The van der Waals surface area contributed by atoms with E-state index in [2.05, 4.69) is 22.5 Å². The molecule has 3 aliphatic rings. The second-order valence-electron chi connectivity index (χ2n) is 9.00. The lowest BCUT2D eigenvalue weighted by molar-refractivity contribution is -0.136. The zero-order valence-electron chi connectivity index (χ0n) is 18.9. The second-order valence-corrected chi connectivity index (χ2v) is 9.00. The predicted octanol–water partition coefficient (Wildman–Crippen LogP) is 1.07. The van der Waals surface area contributed by atoms with Crippen molar-refractivity contribution in [1.29, 1.82) is 0 Å². The Morgan fingerprint density at radius 3 is 2.73 bits per heavy atom. The van der Waals surface area contributed by atoms with Crippen LogP contribution in [-0.2, 0) is 20.9 Å². The number of carbonyl (C=O) groups excluding carboxylic acids is 3. The number of amides is 3. The number of nitrogens with two attached hydrogens (primary N) is 1. The highest BCUT2D eigenvalue weighted by molar-refractivity contribution is 6.05. The van der Waals surface area contributed by atoms with Crippen LogP contribution in [0.2, 0.25) is 0 Å². The third-order valence-electron chi connectivity index (χ3n) is 6.58. The molecule has 3 amide bonds. The fourth-order valence-corrected chi connectivity index (χ4v) is 4.70. The molecule has 1 aromatic rings. The van der Waals surface area contributed by atoms with Crippen molar-refractivity contribution in [3.8, 4) is 11.8 Å². The van der Waals surface area contributed by atoms with Crippen molar-refractivity contribution in [1.82, 2.24) is 15.5 Å². The molecule has 1 atom stereocenters. The molecule has 1 saturated carbocycles. The number of hydrogen-bond acceptors (Lipinski definition) is 6. The van der Waals surface area contributed by atoms with Crippen LogP contribution in [0.4, 0.5) is 0 Å². The quantitative estimate of drug-likeness (QED) is 0.324. The van der Waals surface area contributed by atoms with E-state index in [9.17, 15) is 14.4 Å². The van der Waals surface area contributed by atoms with E-state index in [4.69, 9.17) is 10.5 Å². The van der Waals surface area contributed by atoms with Gasteiger partial charge in [-0.25, -0.2) is 0 Å². The van der Waals surface area contributed by atoms with Gasteiger partial charge in [0.25, 0.3) is 5.91 Å². The molecule has 33 heavy (non-hydrogen) atoms. The van der Waals surface area contributed by atoms with Gasteiger partial charge in [0.05, 0.1) is 13.2 Å². The molecule has 4 N–H and O–H groups in total. The summed E-state index contributed by atoms with van der Waals surface area (Å²) in [6.07, 6.45) is 5.73. The lowest BCUT2D eigenvalue weighted by Crippen LogP contribution is -2.52. The summed E-state index contributed by atoms with van der Waals surface area (Å²) in [7, 11) is 0. The third kappa shape index (κ3) is 5.99. The topological polar surface area (TPSA) is 114 Å². The summed E-state index contributed by atoms with van der Waals surface area (Å²) in [4.78, 5) is 37.8. The Hall–Kier alpha value is -2.73. The van der Waals surface area contributed by atoms with E-state index < -0.39 is 11.9 Å². The van der Waals surface area contributed by atoms with Crippen LogP contribution in [0.1, 0.15) is 66.4 Å². The minimum absolute atomic E-state index is 0.169. The van der Waals surface area contributed by atoms with E-state index in [-0.39, 0.29) is 18.2 Å². The maximum atomic E-state index is 12.7. The van der Waals surface area contributed by atoms with Crippen LogP contribution in [-0.4, -0.2) is 60.5 Å². The highest BCUT2D eigenvalue weighted by atomic mass is 16.5. The van der Waals surface area contributed by atoms with Gasteiger partial charge in [-0.05, 0) is 55.9 Å². The molecule has 8 nitrogen and oxygen atoms in total. The Balaban J connectivity index is 1.19. The monoisotopic (exact) mass is 452 g/mol. The summed E-state index contributed by atoms with van der Waals surface area (Å²) in [6, 6.07) is 5.85. The van der Waals surface area contributed by atoms with Crippen LogP contribution in [0, 0.1) is 11.8 Å². The van der Waals surface area contributed by atoms with Gasteiger partial charge >= 0.3 is 0 Å². The first kappa shape index (κ1) is 23.4. The van der Waals surface area contributed by atoms with Gasteiger partial charge in [-0.1, -0.05) is 11.8 Å². The molecule has 1 unspecified atom stereocenters. The molecular formula is C25H32N4O4. The molecule has 0 radical (unpaired) electrons. The average molecular weight is 453 g/mol. The van der Waals surface area contributed by atoms with E-state index in [0.717, 1.165) is 43.4 Å². The molecule has 2 fully saturated rings. The summed E-state index contributed by atoms with van der Waals surface area (Å²) in [5, 5.41) is 5.85. The Kier molecular flexibility index (Phi) is 7.76. The SMILES string of the molecule is N[C@H]1CC[C@H](NCCOCCC#Cc2ccc3c(c2)CN(C2CCC(=O)NC2=O)C3=O)CC1. The van der Waals surface area contributed by atoms with Crippen molar-refractivity contribution in [2.75, 3.05) is 19.8 Å². The van der Waals surface area contributed by atoms with Crippen molar-refractivity contribution < 1.29 is 19.1 Å². The molecule has 1 saturated heterocycles. The number of rotatable bonds is 7. The van der Waals surface area contributed by atoms with Gasteiger partial charge in [0, 0.05) is 49.1 Å². The molecule has 2 aliphatic heterocycles. The normalized spacial score (nSPS) is 24.8. The van der Waals surface area contributed by atoms with E-state index in [0.29, 0.717) is 50.2 Å². The molecule has 1 aliphatic carbocycles. The number of nitrogens with one attached hydrogen (secondary N) is 2. The first-order chi connectivity index (χ1) is 16.0. The number of imide groups is 1. The van der Waals surface area contributed by atoms with Gasteiger partial charge in [0.15, 0.2) is 0 Å². The first-order valence-electron chi connectivity index (χ1n) is 11.8. The van der Waals surface area contributed by atoms with Crippen molar-refractivity contribution in [2.45, 2.75) is 69.6 Å². The van der Waals surface area contributed by atoms with Gasteiger partial charge in [-0.3, -0.25) is 19.7 Å². The number of hydrogen-bond donors (Lipinski definition) is 3. The Morgan fingerprint density at radius 2 is 1.94 bits per heavy atom. The van der Waals surface area contributed by atoms with Gasteiger partial charge in [0.2, 0.25) is 11.8 Å². The van der Waals surface area contributed by atoms with E-state index in [1.54, 1.807) is 11.0 Å². The molecule has 176 valence electrons. The van der Waals surface area contributed by atoms with E-state index in [1.165, 1.54) is 0 Å². The summed E-state index contributed by atoms with van der Waals surface area (Å²) in [6.45, 7) is 2.45. The fraction of sp³-hybridized carbons (Fsp3) is 0.560. The smallest absolute Gasteiger partial charge is 0.255 e. The van der Waals surface area contributed by atoms with Crippen LogP contribution in [0.3, 0.4) is 0 Å². The predicted molar refractivity (Wildman–Crippen MR) is 123 cm³/mol. The fourth-order valence-electron chi connectivity index (χ4n) is 4.70. The van der Waals surface area contributed by atoms with Gasteiger partial charge < -0.3 is 20.7 Å². The summed E-state index contributed by atoms with van der Waals surface area (Å²) >= 11 is 0. The number of ether oxygens (including phenoxy) is 1. The van der Waals surface area contributed by atoms with E-state index in [1.807, 2.05) is 12.1 Å². The number of carbonyl (C=O) groups is 3. The highest BCUT2D eigenvalue weighted by Gasteiger charge is 2.38. The zero-order chi connectivity index (χ0) is 23.2. The average Bonchev–Trinajstić information content (AvgIpc) is 3.12. The summed E-state index contributed by atoms with van der Waals surface area (Å²) < 4.78 is 5.67. The largest absolute Gasteiger partial charge is 0.379 e. The maximum Gasteiger partial charge on any atom is 0.255 e. The summed E-state index contributed by atoms with van der Waals surface area (Å²) in [5.74, 6) is 5.41. The molecule has 4 rings (SSSR count). The van der Waals surface area contributed by atoms with Crippen LogP contribution >= 0.6 is 0 Å². The number of benzene rings is 1. The van der Waals surface area contributed by atoms with Crippen molar-refractivity contribution in [3.63, 3.8) is 0 Å². The standard InChI is InChI=1S/C25H32N4O4/c26-19-5-7-20(8-6-19)27-12-14-33-13-2-1-3-17-4-9-21-18(15-17)16-29(25(21)32)22-10-11-23(30)28-24(22)31/h4,9,15,19-20,22,27H,2,5-8,10-14,16,26H2,(H,28,30,31)/t19-,20-,22?. The van der Waals surface area contributed by atoms with Crippen LogP contribution in [0.15, 0.2) is 18.2 Å². The van der Waals surface area contributed by atoms with Gasteiger partial charge in [-0.15, -0.1) is 0 Å². The third-order valence-corrected chi connectivity index (χ3v) is 6.58. The molecule has 0 aromatic heterocycles. The maximum absolute atomic E-state index is 12.7. The van der Waals surface area contributed by atoms with Gasteiger partial charge in [0.1, 0.15) is 6.04 Å². The van der Waals surface area contributed by atoms with Crippen molar-refractivity contribution >= 4 is 17.7 Å². The molecular weight excluding hydrogens is 420 g/mol.